The number of rotatable bonds is 6. The van der Waals surface area contributed by atoms with Gasteiger partial charge in [0.2, 0.25) is 0 Å². The SMILES string of the molecule is CCNc1ccc(S(=O)(=O)Nc2ccc(SC)cc2)cc1. The van der Waals surface area contributed by atoms with E-state index in [0.717, 1.165) is 17.1 Å². The van der Waals surface area contributed by atoms with Crippen molar-refractivity contribution in [2.24, 2.45) is 0 Å². The highest BCUT2D eigenvalue weighted by molar-refractivity contribution is 7.98. The van der Waals surface area contributed by atoms with E-state index in [-0.39, 0.29) is 4.90 Å². The molecule has 0 aliphatic rings. The van der Waals surface area contributed by atoms with Crippen molar-refractivity contribution >= 4 is 33.2 Å². The van der Waals surface area contributed by atoms with E-state index in [1.54, 1.807) is 48.2 Å². The molecule has 112 valence electrons. The van der Waals surface area contributed by atoms with Crippen LogP contribution in [0.4, 0.5) is 11.4 Å². The van der Waals surface area contributed by atoms with Crippen LogP contribution < -0.4 is 10.0 Å². The van der Waals surface area contributed by atoms with Gasteiger partial charge in [-0.15, -0.1) is 11.8 Å². The van der Waals surface area contributed by atoms with E-state index in [1.165, 1.54) is 0 Å². The van der Waals surface area contributed by atoms with Gasteiger partial charge < -0.3 is 5.32 Å². The maximum Gasteiger partial charge on any atom is 0.261 e. The summed E-state index contributed by atoms with van der Waals surface area (Å²) in [4.78, 5) is 1.34. The molecule has 0 fully saturated rings. The van der Waals surface area contributed by atoms with E-state index in [2.05, 4.69) is 10.0 Å². The number of benzene rings is 2. The van der Waals surface area contributed by atoms with Crippen LogP contribution in [0, 0.1) is 0 Å². The van der Waals surface area contributed by atoms with Gasteiger partial charge in [0.15, 0.2) is 0 Å². The highest BCUT2D eigenvalue weighted by Crippen LogP contribution is 2.21. The maximum absolute atomic E-state index is 12.3. The zero-order valence-corrected chi connectivity index (χ0v) is 13.6. The fourth-order valence-corrected chi connectivity index (χ4v) is 3.30. The molecule has 2 N–H and O–H groups in total. The molecule has 2 aromatic rings. The molecule has 0 atom stereocenters. The summed E-state index contributed by atoms with van der Waals surface area (Å²) in [5.41, 5.74) is 1.46. The lowest BCUT2D eigenvalue weighted by atomic mass is 10.3. The molecule has 21 heavy (non-hydrogen) atoms. The van der Waals surface area contributed by atoms with Crippen LogP contribution in [0.3, 0.4) is 0 Å². The molecule has 0 aromatic heterocycles. The zero-order valence-electron chi connectivity index (χ0n) is 12.0. The number of anilines is 2. The Balaban J connectivity index is 2.16. The molecule has 6 heteroatoms. The van der Waals surface area contributed by atoms with Gasteiger partial charge in [0.25, 0.3) is 10.0 Å². The highest BCUT2D eigenvalue weighted by atomic mass is 32.2. The number of hydrogen-bond acceptors (Lipinski definition) is 4. The molecule has 0 bridgehead atoms. The summed E-state index contributed by atoms with van der Waals surface area (Å²) < 4.78 is 27.2. The van der Waals surface area contributed by atoms with E-state index in [4.69, 9.17) is 0 Å². The average Bonchev–Trinajstić information content (AvgIpc) is 2.48. The van der Waals surface area contributed by atoms with Crippen LogP contribution >= 0.6 is 11.8 Å². The van der Waals surface area contributed by atoms with Crippen LogP contribution in [0.1, 0.15) is 6.92 Å². The molecule has 0 aliphatic carbocycles. The Bertz CT molecular complexity index is 681. The summed E-state index contributed by atoms with van der Waals surface area (Å²) in [6, 6.07) is 14.0. The second kappa shape index (κ2) is 6.87. The van der Waals surface area contributed by atoms with Gasteiger partial charge in [-0.05, 0) is 61.7 Å². The smallest absolute Gasteiger partial charge is 0.261 e. The van der Waals surface area contributed by atoms with Gasteiger partial charge in [-0.1, -0.05) is 0 Å². The van der Waals surface area contributed by atoms with Crippen molar-refractivity contribution in [2.75, 3.05) is 22.8 Å². The zero-order chi connectivity index (χ0) is 15.3. The normalized spacial score (nSPS) is 11.1. The van der Waals surface area contributed by atoms with Crippen LogP contribution in [0.25, 0.3) is 0 Å². The molecule has 0 aliphatic heterocycles. The molecule has 0 spiro atoms. The molecule has 0 amide bonds. The molecule has 0 heterocycles. The van der Waals surface area contributed by atoms with Crippen molar-refractivity contribution in [3.05, 3.63) is 48.5 Å². The van der Waals surface area contributed by atoms with Crippen LogP contribution in [-0.2, 0) is 10.0 Å². The maximum atomic E-state index is 12.3. The van der Waals surface area contributed by atoms with E-state index in [9.17, 15) is 8.42 Å². The van der Waals surface area contributed by atoms with E-state index >= 15 is 0 Å². The molecule has 2 rings (SSSR count). The van der Waals surface area contributed by atoms with Gasteiger partial charge in [0.1, 0.15) is 0 Å². The lowest BCUT2D eigenvalue weighted by molar-refractivity contribution is 0.601. The third kappa shape index (κ3) is 4.15. The van der Waals surface area contributed by atoms with E-state index in [1.807, 2.05) is 25.3 Å². The lowest BCUT2D eigenvalue weighted by Gasteiger charge is -2.09. The van der Waals surface area contributed by atoms with Gasteiger partial charge in [-0.3, -0.25) is 4.72 Å². The summed E-state index contributed by atoms with van der Waals surface area (Å²) >= 11 is 1.61. The minimum atomic E-state index is -3.55. The molecule has 0 saturated heterocycles. The van der Waals surface area contributed by atoms with Crippen molar-refractivity contribution in [1.82, 2.24) is 0 Å². The molecular formula is C15H18N2O2S2. The molecule has 2 aromatic carbocycles. The standard InChI is InChI=1S/C15H18N2O2S2/c1-3-16-12-6-10-15(11-7-12)21(18,19)17-13-4-8-14(20-2)9-5-13/h4-11,16-17H,3H2,1-2H3. The molecular weight excluding hydrogens is 304 g/mol. The van der Waals surface area contributed by atoms with E-state index < -0.39 is 10.0 Å². The molecule has 0 radical (unpaired) electrons. The number of thioether (sulfide) groups is 1. The summed E-state index contributed by atoms with van der Waals surface area (Å²) in [7, 11) is -3.55. The molecule has 4 nitrogen and oxygen atoms in total. The Morgan fingerprint density at radius 1 is 0.952 bits per heavy atom. The summed E-state index contributed by atoms with van der Waals surface area (Å²) in [6.07, 6.45) is 1.98. The molecule has 0 unspecified atom stereocenters. The van der Waals surface area contributed by atoms with Gasteiger partial charge >= 0.3 is 0 Å². The minimum absolute atomic E-state index is 0.248. The quantitative estimate of drug-likeness (QED) is 0.797. The summed E-state index contributed by atoms with van der Waals surface area (Å²) in [5, 5.41) is 3.13. The van der Waals surface area contributed by atoms with Crippen LogP contribution in [0.5, 0.6) is 0 Å². The second-order valence-corrected chi connectivity index (χ2v) is 6.95. The van der Waals surface area contributed by atoms with Crippen LogP contribution in [0.2, 0.25) is 0 Å². The Morgan fingerprint density at radius 2 is 1.52 bits per heavy atom. The third-order valence-corrected chi connectivity index (χ3v) is 5.03. The largest absolute Gasteiger partial charge is 0.385 e. The van der Waals surface area contributed by atoms with Crippen molar-refractivity contribution in [1.29, 1.82) is 0 Å². The van der Waals surface area contributed by atoms with Gasteiger partial charge in [0.05, 0.1) is 4.90 Å². The van der Waals surface area contributed by atoms with E-state index in [0.29, 0.717) is 5.69 Å². The Kier molecular flexibility index (Phi) is 5.14. The minimum Gasteiger partial charge on any atom is -0.385 e. The first-order chi connectivity index (χ1) is 10.0. The van der Waals surface area contributed by atoms with Crippen molar-refractivity contribution in [3.63, 3.8) is 0 Å². The Morgan fingerprint density at radius 3 is 2.05 bits per heavy atom. The van der Waals surface area contributed by atoms with Gasteiger partial charge in [-0.25, -0.2) is 8.42 Å². The first-order valence-electron chi connectivity index (χ1n) is 6.56. The average molecular weight is 322 g/mol. The predicted octanol–water partition coefficient (Wildman–Crippen LogP) is 3.64. The Hall–Kier alpha value is -1.66. The van der Waals surface area contributed by atoms with Gasteiger partial charge in [0, 0.05) is 22.8 Å². The lowest BCUT2D eigenvalue weighted by Crippen LogP contribution is -2.12. The first kappa shape index (κ1) is 15.7. The summed E-state index contributed by atoms with van der Waals surface area (Å²) in [5.74, 6) is 0. The number of nitrogens with one attached hydrogen (secondary N) is 2. The topological polar surface area (TPSA) is 58.2 Å². The van der Waals surface area contributed by atoms with Crippen molar-refractivity contribution < 1.29 is 8.42 Å². The Labute approximate surface area is 130 Å². The first-order valence-corrected chi connectivity index (χ1v) is 9.27. The van der Waals surface area contributed by atoms with Crippen LogP contribution in [0.15, 0.2) is 58.3 Å². The number of sulfonamides is 1. The van der Waals surface area contributed by atoms with Crippen LogP contribution in [-0.4, -0.2) is 21.2 Å². The predicted molar refractivity (Wildman–Crippen MR) is 89.6 cm³/mol. The highest BCUT2D eigenvalue weighted by Gasteiger charge is 2.13. The van der Waals surface area contributed by atoms with Crippen molar-refractivity contribution in [2.45, 2.75) is 16.7 Å². The second-order valence-electron chi connectivity index (χ2n) is 4.39. The third-order valence-electron chi connectivity index (χ3n) is 2.89. The monoisotopic (exact) mass is 322 g/mol. The summed E-state index contributed by atoms with van der Waals surface area (Å²) in [6.45, 7) is 2.79. The van der Waals surface area contributed by atoms with Gasteiger partial charge in [-0.2, -0.15) is 0 Å². The molecule has 0 saturated carbocycles. The number of hydrogen-bond donors (Lipinski definition) is 2. The fourth-order valence-electron chi connectivity index (χ4n) is 1.83. The van der Waals surface area contributed by atoms with Crippen molar-refractivity contribution in [3.8, 4) is 0 Å². The fraction of sp³-hybridized carbons (Fsp3) is 0.200.